The molecule has 0 saturated carbocycles. The first-order chi connectivity index (χ1) is 10.8. The lowest BCUT2D eigenvalue weighted by Crippen LogP contribution is -2.05. The number of nitrogens with zero attached hydrogens (tertiary/aromatic N) is 1. The molecule has 3 aromatic rings. The van der Waals surface area contributed by atoms with Crippen molar-refractivity contribution in [3.8, 4) is 11.1 Å². The Balaban J connectivity index is 1.91. The molecule has 0 unspecified atom stereocenters. The van der Waals surface area contributed by atoms with Gasteiger partial charge in [0.2, 0.25) is 0 Å². The molecule has 1 heterocycles. The molecule has 2 nitrogen and oxygen atoms in total. The van der Waals surface area contributed by atoms with E-state index in [2.05, 4.69) is 23.2 Å². The summed E-state index contributed by atoms with van der Waals surface area (Å²) in [5, 5.41) is 0. The third-order valence-corrected chi connectivity index (χ3v) is 3.67. The number of rotatable bonds is 4. The molecule has 0 atom stereocenters. The zero-order valence-electron chi connectivity index (χ0n) is 12.2. The van der Waals surface area contributed by atoms with E-state index in [-0.39, 0.29) is 5.82 Å². The average molecular weight is 292 g/mol. The van der Waals surface area contributed by atoms with Gasteiger partial charge < -0.3 is 5.73 Å². The van der Waals surface area contributed by atoms with Crippen molar-refractivity contribution in [3.05, 3.63) is 89.5 Å². The first-order valence-corrected chi connectivity index (χ1v) is 7.24. The van der Waals surface area contributed by atoms with E-state index in [1.54, 1.807) is 12.1 Å². The van der Waals surface area contributed by atoms with Crippen molar-refractivity contribution >= 4 is 0 Å². The van der Waals surface area contributed by atoms with Crippen LogP contribution < -0.4 is 5.73 Å². The van der Waals surface area contributed by atoms with Gasteiger partial charge >= 0.3 is 0 Å². The molecule has 3 rings (SSSR count). The van der Waals surface area contributed by atoms with Crippen molar-refractivity contribution in [2.24, 2.45) is 5.73 Å². The largest absolute Gasteiger partial charge is 0.326 e. The predicted molar refractivity (Wildman–Crippen MR) is 86.8 cm³/mol. The maximum atomic E-state index is 13.0. The Morgan fingerprint density at radius 1 is 0.909 bits per heavy atom. The van der Waals surface area contributed by atoms with Crippen LogP contribution in [0.15, 0.2) is 66.9 Å². The molecule has 3 heteroatoms. The fourth-order valence-corrected chi connectivity index (χ4v) is 2.46. The molecule has 0 saturated heterocycles. The van der Waals surface area contributed by atoms with E-state index in [1.165, 1.54) is 12.1 Å². The smallest absolute Gasteiger partial charge is 0.123 e. The van der Waals surface area contributed by atoms with Crippen molar-refractivity contribution in [2.75, 3.05) is 0 Å². The van der Waals surface area contributed by atoms with E-state index in [9.17, 15) is 4.39 Å². The first kappa shape index (κ1) is 14.4. The Morgan fingerprint density at radius 3 is 2.32 bits per heavy atom. The van der Waals surface area contributed by atoms with Crippen LogP contribution in [0.25, 0.3) is 11.1 Å². The van der Waals surface area contributed by atoms with Crippen LogP contribution in [0.2, 0.25) is 0 Å². The molecule has 0 aliphatic carbocycles. The summed E-state index contributed by atoms with van der Waals surface area (Å²) in [7, 11) is 0. The van der Waals surface area contributed by atoms with E-state index in [4.69, 9.17) is 5.73 Å². The second-order valence-electron chi connectivity index (χ2n) is 5.20. The lowest BCUT2D eigenvalue weighted by Gasteiger charge is -2.10. The van der Waals surface area contributed by atoms with Crippen LogP contribution in [0.1, 0.15) is 16.8 Å². The van der Waals surface area contributed by atoms with Gasteiger partial charge in [-0.3, -0.25) is 4.98 Å². The van der Waals surface area contributed by atoms with Crippen molar-refractivity contribution in [1.82, 2.24) is 4.98 Å². The molecule has 0 aliphatic heterocycles. The summed E-state index contributed by atoms with van der Waals surface area (Å²) in [6.07, 6.45) is 2.52. The minimum atomic E-state index is -0.227. The summed E-state index contributed by atoms with van der Waals surface area (Å²) >= 11 is 0. The molecule has 0 radical (unpaired) electrons. The summed E-state index contributed by atoms with van der Waals surface area (Å²) in [5.74, 6) is -0.227. The second-order valence-corrected chi connectivity index (χ2v) is 5.20. The summed E-state index contributed by atoms with van der Waals surface area (Å²) in [5.41, 5.74) is 11.0. The van der Waals surface area contributed by atoms with E-state index in [0.717, 1.165) is 27.9 Å². The Morgan fingerprint density at radius 2 is 1.64 bits per heavy atom. The average Bonchev–Trinajstić information content (AvgIpc) is 2.58. The molecular weight excluding hydrogens is 275 g/mol. The Hall–Kier alpha value is -2.52. The fraction of sp³-hybridized carbons (Fsp3) is 0.105. The zero-order chi connectivity index (χ0) is 15.4. The normalized spacial score (nSPS) is 10.6. The molecule has 0 amide bonds. The Bertz CT molecular complexity index is 752. The number of hydrogen-bond donors (Lipinski definition) is 1. The number of halogens is 1. The third kappa shape index (κ3) is 3.21. The topological polar surface area (TPSA) is 38.9 Å². The van der Waals surface area contributed by atoms with Gasteiger partial charge in [-0.1, -0.05) is 42.5 Å². The van der Waals surface area contributed by atoms with Gasteiger partial charge in [0.05, 0.1) is 0 Å². The molecule has 2 N–H and O–H groups in total. The molecule has 2 aromatic carbocycles. The molecule has 0 fully saturated rings. The van der Waals surface area contributed by atoms with Gasteiger partial charge in [-0.25, -0.2) is 4.39 Å². The highest BCUT2D eigenvalue weighted by atomic mass is 19.1. The quantitative estimate of drug-likeness (QED) is 0.791. The summed E-state index contributed by atoms with van der Waals surface area (Å²) in [6, 6.07) is 18.7. The standard InChI is InChI=1S/C19H17FN2/c20-18-8-6-14(7-9-18)10-19-16(12-21)11-17(13-22-19)15-4-2-1-3-5-15/h1-9,11,13H,10,12,21H2. The molecule has 0 spiro atoms. The van der Waals surface area contributed by atoms with Crippen LogP contribution in [0, 0.1) is 5.82 Å². The maximum Gasteiger partial charge on any atom is 0.123 e. The van der Waals surface area contributed by atoms with E-state index < -0.39 is 0 Å². The van der Waals surface area contributed by atoms with Gasteiger partial charge in [0.15, 0.2) is 0 Å². The zero-order valence-corrected chi connectivity index (χ0v) is 12.2. The third-order valence-electron chi connectivity index (χ3n) is 3.67. The van der Waals surface area contributed by atoms with Gasteiger partial charge in [0, 0.05) is 30.4 Å². The second kappa shape index (κ2) is 6.50. The highest BCUT2D eigenvalue weighted by Gasteiger charge is 2.07. The Labute approximate surface area is 129 Å². The number of nitrogens with two attached hydrogens (primary N) is 1. The monoisotopic (exact) mass is 292 g/mol. The molecular formula is C19H17FN2. The van der Waals surface area contributed by atoms with Crippen LogP contribution in [0.4, 0.5) is 4.39 Å². The number of aromatic nitrogens is 1. The van der Waals surface area contributed by atoms with Crippen LogP contribution >= 0.6 is 0 Å². The number of benzene rings is 2. The van der Waals surface area contributed by atoms with E-state index >= 15 is 0 Å². The Kier molecular flexibility index (Phi) is 4.26. The minimum absolute atomic E-state index is 0.227. The summed E-state index contributed by atoms with van der Waals surface area (Å²) < 4.78 is 13.0. The predicted octanol–water partition coefficient (Wildman–Crippen LogP) is 3.94. The fourth-order valence-electron chi connectivity index (χ4n) is 2.46. The molecule has 22 heavy (non-hydrogen) atoms. The van der Waals surface area contributed by atoms with Gasteiger partial charge in [0.1, 0.15) is 5.82 Å². The summed E-state index contributed by atoms with van der Waals surface area (Å²) in [6.45, 7) is 0.435. The molecule has 110 valence electrons. The lowest BCUT2D eigenvalue weighted by atomic mass is 10.0. The lowest BCUT2D eigenvalue weighted by molar-refractivity contribution is 0.627. The van der Waals surface area contributed by atoms with Gasteiger partial charge in [-0.15, -0.1) is 0 Å². The van der Waals surface area contributed by atoms with Crippen molar-refractivity contribution < 1.29 is 4.39 Å². The summed E-state index contributed by atoms with van der Waals surface area (Å²) in [4.78, 5) is 4.57. The number of pyridine rings is 1. The van der Waals surface area contributed by atoms with Crippen molar-refractivity contribution in [1.29, 1.82) is 0 Å². The van der Waals surface area contributed by atoms with Gasteiger partial charge in [-0.05, 0) is 34.9 Å². The SMILES string of the molecule is NCc1cc(-c2ccccc2)cnc1Cc1ccc(F)cc1. The van der Waals surface area contributed by atoms with Crippen LogP contribution in [0.3, 0.4) is 0 Å². The van der Waals surface area contributed by atoms with Crippen LogP contribution in [-0.2, 0) is 13.0 Å². The number of hydrogen-bond acceptors (Lipinski definition) is 2. The van der Waals surface area contributed by atoms with E-state index in [1.807, 2.05) is 24.4 Å². The van der Waals surface area contributed by atoms with Crippen LogP contribution in [-0.4, -0.2) is 4.98 Å². The van der Waals surface area contributed by atoms with Crippen LogP contribution in [0.5, 0.6) is 0 Å². The highest BCUT2D eigenvalue weighted by molar-refractivity contribution is 5.63. The van der Waals surface area contributed by atoms with Crippen molar-refractivity contribution in [2.45, 2.75) is 13.0 Å². The van der Waals surface area contributed by atoms with Crippen molar-refractivity contribution in [3.63, 3.8) is 0 Å². The molecule has 0 aliphatic rings. The van der Waals surface area contributed by atoms with E-state index in [0.29, 0.717) is 13.0 Å². The molecule has 0 bridgehead atoms. The highest BCUT2D eigenvalue weighted by Crippen LogP contribution is 2.22. The minimum Gasteiger partial charge on any atom is -0.326 e. The van der Waals surface area contributed by atoms with Gasteiger partial charge in [0.25, 0.3) is 0 Å². The van der Waals surface area contributed by atoms with Gasteiger partial charge in [-0.2, -0.15) is 0 Å². The maximum absolute atomic E-state index is 13.0. The molecule has 1 aromatic heterocycles. The first-order valence-electron chi connectivity index (χ1n) is 7.24.